The Kier molecular flexibility index (Phi) is 4.01. The summed E-state index contributed by atoms with van der Waals surface area (Å²) in [6, 6.07) is 7.41. The highest BCUT2D eigenvalue weighted by Crippen LogP contribution is 2.11. The fraction of sp³-hybridized carbons (Fsp3) is 0.308. The zero-order valence-corrected chi connectivity index (χ0v) is 11.7. The summed E-state index contributed by atoms with van der Waals surface area (Å²) >= 11 is 0. The fourth-order valence-corrected chi connectivity index (χ4v) is 2.86. The van der Waals surface area contributed by atoms with Crippen molar-refractivity contribution in [2.75, 3.05) is 0 Å². The van der Waals surface area contributed by atoms with Crippen molar-refractivity contribution in [3.63, 3.8) is 0 Å². The molecule has 0 saturated heterocycles. The fourth-order valence-electron chi connectivity index (χ4n) is 1.68. The molecule has 0 aliphatic heterocycles. The molecule has 2 aromatic rings. The van der Waals surface area contributed by atoms with Gasteiger partial charge in [0, 0.05) is 0 Å². The average molecular weight is 280 g/mol. The lowest BCUT2D eigenvalue weighted by Gasteiger charge is -2.07. The van der Waals surface area contributed by atoms with E-state index in [0.717, 1.165) is 11.1 Å². The van der Waals surface area contributed by atoms with Gasteiger partial charge in [-0.15, -0.1) is 0 Å². The Labute approximate surface area is 112 Å². The van der Waals surface area contributed by atoms with Gasteiger partial charge in [0.2, 0.25) is 15.9 Å². The van der Waals surface area contributed by atoms with Gasteiger partial charge in [0.25, 0.3) is 0 Å². The van der Waals surface area contributed by atoms with E-state index < -0.39 is 10.0 Å². The Morgan fingerprint density at radius 3 is 2.63 bits per heavy atom. The predicted octanol–water partition coefficient (Wildman–Crippen LogP) is 1.91. The van der Waals surface area contributed by atoms with E-state index in [-0.39, 0.29) is 12.3 Å². The van der Waals surface area contributed by atoms with Gasteiger partial charge < -0.3 is 4.42 Å². The molecule has 1 aromatic carbocycles. The predicted molar refractivity (Wildman–Crippen MR) is 71.9 cm³/mol. The Bertz CT molecular complexity index is 662. The molecule has 1 aromatic heterocycles. The molecule has 19 heavy (non-hydrogen) atoms. The lowest BCUT2D eigenvalue weighted by atomic mass is 10.1. The van der Waals surface area contributed by atoms with E-state index in [4.69, 9.17) is 4.42 Å². The molecule has 1 heterocycles. The third-order valence-electron chi connectivity index (χ3n) is 2.72. The molecule has 0 aliphatic rings. The van der Waals surface area contributed by atoms with E-state index in [1.54, 1.807) is 13.1 Å². The van der Waals surface area contributed by atoms with Gasteiger partial charge in [-0.3, -0.25) is 0 Å². The van der Waals surface area contributed by atoms with Gasteiger partial charge in [0.05, 0.1) is 18.5 Å². The van der Waals surface area contributed by atoms with Crippen LogP contribution >= 0.6 is 0 Å². The van der Waals surface area contributed by atoms with Crippen LogP contribution in [-0.2, 0) is 22.3 Å². The minimum Gasteiger partial charge on any atom is -0.445 e. The molecule has 1 N–H and O–H groups in total. The SMILES string of the molecule is Cc1cnc(CNS(=O)(=O)Cc2ccccc2C)o1. The number of aromatic nitrogens is 1. The first kappa shape index (κ1) is 13.8. The molecule has 0 radical (unpaired) electrons. The van der Waals surface area contributed by atoms with Crippen molar-refractivity contribution in [3.05, 3.63) is 53.2 Å². The quantitative estimate of drug-likeness (QED) is 0.908. The van der Waals surface area contributed by atoms with E-state index >= 15 is 0 Å². The lowest BCUT2D eigenvalue weighted by molar-refractivity contribution is 0.463. The first-order chi connectivity index (χ1) is 8.96. The van der Waals surface area contributed by atoms with Crippen molar-refractivity contribution >= 4 is 10.0 Å². The first-order valence-corrected chi connectivity index (χ1v) is 7.55. The van der Waals surface area contributed by atoms with Crippen molar-refractivity contribution in [2.24, 2.45) is 0 Å². The van der Waals surface area contributed by atoms with Crippen molar-refractivity contribution in [2.45, 2.75) is 26.1 Å². The molecule has 0 unspecified atom stereocenters. The zero-order valence-electron chi connectivity index (χ0n) is 10.9. The normalized spacial score (nSPS) is 11.7. The van der Waals surface area contributed by atoms with E-state index in [0.29, 0.717) is 11.7 Å². The Morgan fingerprint density at radius 1 is 1.26 bits per heavy atom. The monoisotopic (exact) mass is 280 g/mol. The molecule has 2 rings (SSSR count). The summed E-state index contributed by atoms with van der Waals surface area (Å²) in [5, 5.41) is 0. The molecule has 0 atom stereocenters. The third-order valence-corrected chi connectivity index (χ3v) is 3.99. The first-order valence-electron chi connectivity index (χ1n) is 5.89. The van der Waals surface area contributed by atoms with Crippen molar-refractivity contribution in [3.8, 4) is 0 Å². The maximum absolute atomic E-state index is 12.0. The second-order valence-electron chi connectivity index (χ2n) is 4.37. The topological polar surface area (TPSA) is 72.2 Å². The maximum atomic E-state index is 12.0. The number of sulfonamides is 1. The van der Waals surface area contributed by atoms with Gasteiger partial charge in [-0.1, -0.05) is 24.3 Å². The van der Waals surface area contributed by atoms with Crippen LogP contribution in [0.3, 0.4) is 0 Å². The Hall–Kier alpha value is -1.66. The molecule has 0 saturated carbocycles. The second-order valence-corrected chi connectivity index (χ2v) is 6.18. The molecule has 0 bridgehead atoms. The summed E-state index contributed by atoms with van der Waals surface area (Å²) in [4.78, 5) is 3.95. The van der Waals surface area contributed by atoms with E-state index in [1.165, 1.54) is 0 Å². The van der Waals surface area contributed by atoms with Gasteiger partial charge in [-0.05, 0) is 25.0 Å². The van der Waals surface area contributed by atoms with Crippen LogP contribution in [0.4, 0.5) is 0 Å². The molecule has 102 valence electrons. The number of nitrogens with zero attached hydrogens (tertiary/aromatic N) is 1. The van der Waals surface area contributed by atoms with Crippen molar-refractivity contribution in [1.29, 1.82) is 0 Å². The van der Waals surface area contributed by atoms with Gasteiger partial charge in [-0.2, -0.15) is 0 Å². The molecular formula is C13H16N2O3S. The minimum atomic E-state index is -3.40. The van der Waals surface area contributed by atoms with Crippen molar-refractivity contribution in [1.82, 2.24) is 9.71 Å². The van der Waals surface area contributed by atoms with Gasteiger partial charge in [0.15, 0.2) is 0 Å². The smallest absolute Gasteiger partial charge is 0.216 e. The number of aryl methyl sites for hydroxylation is 2. The summed E-state index contributed by atoms with van der Waals surface area (Å²) in [6.07, 6.45) is 1.56. The molecule has 0 aliphatic carbocycles. The molecular weight excluding hydrogens is 264 g/mol. The van der Waals surface area contributed by atoms with Crippen LogP contribution in [0, 0.1) is 13.8 Å². The highest BCUT2D eigenvalue weighted by atomic mass is 32.2. The number of benzene rings is 1. The maximum Gasteiger partial charge on any atom is 0.216 e. The second kappa shape index (κ2) is 5.54. The van der Waals surface area contributed by atoms with Crippen LogP contribution in [0.1, 0.15) is 22.8 Å². The van der Waals surface area contributed by atoms with Crippen LogP contribution < -0.4 is 4.72 Å². The minimum absolute atomic E-state index is 0.0423. The summed E-state index contributed by atoms with van der Waals surface area (Å²) in [5.74, 6) is 0.985. The van der Waals surface area contributed by atoms with Gasteiger partial charge in [0.1, 0.15) is 5.76 Å². The number of hydrogen-bond acceptors (Lipinski definition) is 4. The molecule has 5 nitrogen and oxygen atoms in total. The van der Waals surface area contributed by atoms with Crippen LogP contribution in [0.2, 0.25) is 0 Å². The zero-order chi connectivity index (χ0) is 13.9. The van der Waals surface area contributed by atoms with Crippen LogP contribution in [0.15, 0.2) is 34.9 Å². The summed E-state index contributed by atoms with van der Waals surface area (Å²) in [6.45, 7) is 3.72. The molecule has 0 fully saturated rings. The number of nitrogens with one attached hydrogen (secondary N) is 1. The van der Waals surface area contributed by atoms with Gasteiger partial charge >= 0.3 is 0 Å². The third kappa shape index (κ3) is 3.90. The lowest BCUT2D eigenvalue weighted by Crippen LogP contribution is -2.25. The average Bonchev–Trinajstić information content (AvgIpc) is 2.76. The largest absolute Gasteiger partial charge is 0.445 e. The summed E-state index contributed by atoms with van der Waals surface area (Å²) in [5.41, 5.74) is 1.75. The Balaban J connectivity index is 2.01. The van der Waals surface area contributed by atoms with E-state index in [1.807, 2.05) is 31.2 Å². The number of oxazole rings is 1. The van der Waals surface area contributed by atoms with Gasteiger partial charge in [-0.25, -0.2) is 18.1 Å². The highest BCUT2D eigenvalue weighted by molar-refractivity contribution is 7.88. The van der Waals surface area contributed by atoms with Crippen LogP contribution in [0.25, 0.3) is 0 Å². The van der Waals surface area contributed by atoms with Crippen molar-refractivity contribution < 1.29 is 12.8 Å². The molecule has 0 spiro atoms. The van der Waals surface area contributed by atoms with E-state index in [2.05, 4.69) is 9.71 Å². The van der Waals surface area contributed by atoms with Crippen LogP contribution in [0.5, 0.6) is 0 Å². The van der Waals surface area contributed by atoms with Crippen LogP contribution in [-0.4, -0.2) is 13.4 Å². The standard InChI is InChI=1S/C13H16N2O3S/c1-10-5-3-4-6-12(10)9-19(16,17)15-8-13-14-7-11(2)18-13/h3-7,15H,8-9H2,1-2H3. The number of hydrogen-bond donors (Lipinski definition) is 1. The Morgan fingerprint density at radius 2 is 2.00 bits per heavy atom. The summed E-state index contributed by atoms with van der Waals surface area (Å²) < 4.78 is 31.6. The summed E-state index contributed by atoms with van der Waals surface area (Å²) in [7, 11) is -3.40. The number of rotatable bonds is 5. The van der Waals surface area contributed by atoms with E-state index in [9.17, 15) is 8.42 Å². The molecule has 6 heteroatoms. The highest BCUT2D eigenvalue weighted by Gasteiger charge is 2.14. The molecule has 0 amide bonds.